The number of benzene rings is 1. The largest absolute Gasteiger partial charge is 0.497 e. The molecule has 0 aliphatic heterocycles. The molecule has 1 aromatic carbocycles. The lowest BCUT2D eigenvalue weighted by atomic mass is 10.2. The van der Waals surface area contributed by atoms with Gasteiger partial charge >= 0.3 is 0 Å². The van der Waals surface area contributed by atoms with Crippen LogP contribution < -0.4 is 21.1 Å². The maximum Gasteiger partial charge on any atom is 0.271 e. The second-order valence-electron chi connectivity index (χ2n) is 5.03. The smallest absolute Gasteiger partial charge is 0.271 e. The molecule has 8 heteroatoms. The second kappa shape index (κ2) is 9.43. The molecule has 0 spiro atoms. The van der Waals surface area contributed by atoms with E-state index < -0.39 is 0 Å². The van der Waals surface area contributed by atoms with E-state index in [0.29, 0.717) is 29.6 Å². The Balaban J connectivity index is 1.87. The van der Waals surface area contributed by atoms with Crippen LogP contribution >= 0.6 is 11.3 Å². The van der Waals surface area contributed by atoms with Crippen LogP contribution in [0, 0.1) is 0 Å². The van der Waals surface area contributed by atoms with Gasteiger partial charge < -0.3 is 26.1 Å². The Labute approximate surface area is 150 Å². The van der Waals surface area contributed by atoms with Crippen LogP contribution in [0.2, 0.25) is 0 Å². The van der Waals surface area contributed by atoms with Crippen molar-refractivity contribution in [2.45, 2.75) is 13.0 Å². The Kier molecular flexibility index (Phi) is 6.97. The molecule has 0 bridgehead atoms. The lowest BCUT2D eigenvalue weighted by Crippen LogP contribution is -2.23. The number of methoxy groups -OCH3 is 1. The van der Waals surface area contributed by atoms with Crippen LogP contribution in [-0.2, 0) is 6.54 Å². The number of nitrogens with one attached hydrogen (secondary N) is 2. The van der Waals surface area contributed by atoms with Gasteiger partial charge in [-0.2, -0.15) is 0 Å². The Morgan fingerprint density at radius 3 is 2.84 bits per heavy atom. The van der Waals surface area contributed by atoms with Crippen LogP contribution in [0.3, 0.4) is 0 Å². The van der Waals surface area contributed by atoms with Crippen LogP contribution in [0.25, 0.3) is 0 Å². The van der Waals surface area contributed by atoms with Crippen LogP contribution in [0.5, 0.6) is 5.75 Å². The van der Waals surface area contributed by atoms with Gasteiger partial charge in [0.15, 0.2) is 5.13 Å². The summed E-state index contributed by atoms with van der Waals surface area (Å²) in [6.07, 6.45) is 4.17. The van der Waals surface area contributed by atoms with Crippen molar-refractivity contribution >= 4 is 28.6 Å². The Morgan fingerprint density at radius 1 is 1.40 bits per heavy atom. The van der Waals surface area contributed by atoms with Gasteiger partial charge in [-0.25, -0.2) is 4.98 Å². The average Bonchev–Trinajstić information content (AvgIpc) is 3.09. The molecule has 0 saturated heterocycles. The molecule has 0 fully saturated rings. The van der Waals surface area contributed by atoms with E-state index in [-0.39, 0.29) is 5.91 Å². The number of hydrogen-bond donors (Lipinski definition) is 3. The third-order valence-electron chi connectivity index (χ3n) is 3.23. The fourth-order valence-corrected chi connectivity index (χ4v) is 2.62. The van der Waals surface area contributed by atoms with E-state index in [1.54, 1.807) is 31.8 Å². The lowest BCUT2D eigenvalue weighted by molar-refractivity contribution is 0.0946. The highest BCUT2D eigenvalue weighted by Crippen LogP contribution is 2.17. The number of aliphatic imine (C=N–C) groups is 1. The summed E-state index contributed by atoms with van der Waals surface area (Å²) >= 11 is 1.32. The Morgan fingerprint density at radius 2 is 2.16 bits per heavy atom. The zero-order valence-electron chi connectivity index (χ0n) is 14.2. The van der Waals surface area contributed by atoms with E-state index in [9.17, 15) is 4.79 Å². The molecule has 25 heavy (non-hydrogen) atoms. The summed E-state index contributed by atoms with van der Waals surface area (Å²) in [5.41, 5.74) is 7.16. The first-order valence-corrected chi connectivity index (χ1v) is 8.50. The molecule has 0 aliphatic carbocycles. The minimum absolute atomic E-state index is 0.235. The summed E-state index contributed by atoms with van der Waals surface area (Å²) in [6, 6.07) is 7.51. The fraction of sp³-hybridized carbons (Fsp3) is 0.235. The van der Waals surface area contributed by atoms with Crippen molar-refractivity contribution < 1.29 is 9.53 Å². The zero-order valence-corrected chi connectivity index (χ0v) is 15.0. The molecule has 2 rings (SSSR count). The maximum absolute atomic E-state index is 12.2. The number of carbonyl (C=O) groups excluding carboxylic acids is 1. The van der Waals surface area contributed by atoms with Gasteiger partial charge in [0.05, 0.1) is 12.9 Å². The number of nitrogens with two attached hydrogens (primary N) is 1. The average molecular weight is 359 g/mol. The topological polar surface area (TPSA) is 102 Å². The number of nitrogens with zero attached hydrogens (tertiary/aromatic N) is 2. The van der Waals surface area contributed by atoms with Crippen LogP contribution in [0.15, 0.2) is 46.5 Å². The highest BCUT2D eigenvalue weighted by atomic mass is 32.1. The summed E-state index contributed by atoms with van der Waals surface area (Å²) in [7, 11) is 3.32. The van der Waals surface area contributed by atoms with Gasteiger partial charge in [0.25, 0.3) is 5.91 Å². The SMILES string of the molecule is C/N=C\C/C=C(\N)Nc1nc(C(=O)NCc2ccc(OC)cc2)cs1. The molecular formula is C17H21N5O2S. The third-order valence-corrected chi connectivity index (χ3v) is 3.98. The van der Waals surface area contributed by atoms with Gasteiger partial charge in [0.2, 0.25) is 0 Å². The summed E-state index contributed by atoms with van der Waals surface area (Å²) in [6.45, 7) is 0.418. The molecule has 0 unspecified atom stereocenters. The van der Waals surface area contributed by atoms with Crippen molar-refractivity contribution in [1.82, 2.24) is 10.3 Å². The number of amides is 1. The first-order valence-electron chi connectivity index (χ1n) is 7.62. The van der Waals surface area contributed by atoms with Gasteiger partial charge in [-0.3, -0.25) is 4.79 Å². The predicted molar refractivity (Wildman–Crippen MR) is 101 cm³/mol. The highest BCUT2D eigenvalue weighted by Gasteiger charge is 2.10. The van der Waals surface area contributed by atoms with Crippen LogP contribution in [0.4, 0.5) is 5.13 Å². The third kappa shape index (κ3) is 5.92. The van der Waals surface area contributed by atoms with Crippen molar-refractivity contribution in [3.63, 3.8) is 0 Å². The highest BCUT2D eigenvalue weighted by molar-refractivity contribution is 7.13. The standard InChI is InChI=1S/C17H21N5O2S/c1-19-9-3-4-15(18)22-17-21-14(11-25-17)16(23)20-10-12-5-7-13(24-2)8-6-12/h4-9,11H,3,10,18H2,1-2H3,(H,20,23)(H,21,22)/b15-4+,19-9-. The molecule has 7 nitrogen and oxygen atoms in total. The van der Waals surface area contributed by atoms with Crippen molar-refractivity contribution in [3.05, 3.63) is 52.8 Å². The normalized spacial score (nSPS) is 11.5. The van der Waals surface area contributed by atoms with E-state index in [0.717, 1.165) is 11.3 Å². The quantitative estimate of drug-likeness (QED) is 0.628. The first kappa shape index (κ1) is 18.5. The molecule has 0 aliphatic rings. The van der Waals surface area contributed by atoms with Crippen molar-refractivity contribution in [2.75, 3.05) is 19.5 Å². The molecule has 1 heterocycles. The van der Waals surface area contributed by atoms with Gasteiger partial charge in [-0.05, 0) is 23.8 Å². The number of rotatable bonds is 8. The van der Waals surface area contributed by atoms with Crippen molar-refractivity contribution in [1.29, 1.82) is 0 Å². The summed E-state index contributed by atoms with van der Waals surface area (Å²) in [5.74, 6) is 1.02. The molecule has 1 amide bonds. The maximum atomic E-state index is 12.2. The number of carbonyl (C=O) groups is 1. The zero-order chi connectivity index (χ0) is 18.1. The number of allylic oxidation sites excluding steroid dienone is 1. The predicted octanol–water partition coefficient (Wildman–Crippen LogP) is 2.38. The van der Waals surface area contributed by atoms with E-state index in [1.165, 1.54) is 11.3 Å². The molecule has 0 atom stereocenters. The lowest BCUT2D eigenvalue weighted by Gasteiger charge is -2.05. The van der Waals surface area contributed by atoms with Crippen LogP contribution in [0.1, 0.15) is 22.5 Å². The molecule has 0 saturated carbocycles. The summed E-state index contributed by atoms with van der Waals surface area (Å²) in [4.78, 5) is 20.3. The monoisotopic (exact) mass is 359 g/mol. The number of hydrogen-bond acceptors (Lipinski definition) is 7. The van der Waals surface area contributed by atoms with Gasteiger partial charge in [0, 0.05) is 31.6 Å². The molecule has 4 N–H and O–H groups in total. The van der Waals surface area contributed by atoms with Crippen LogP contribution in [-0.4, -0.2) is 31.3 Å². The minimum atomic E-state index is -0.235. The Hall–Kier alpha value is -2.87. The number of ether oxygens (including phenoxy) is 1. The molecule has 1 aromatic heterocycles. The number of aromatic nitrogens is 1. The fourth-order valence-electron chi connectivity index (χ4n) is 1.91. The number of thiazole rings is 1. The van der Waals surface area contributed by atoms with E-state index in [1.807, 2.05) is 24.3 Å². The van der Waals surface area contributed by atoms with E-state index in [2.05, 4.69) is 20.6 Å². The molecular weight excluding hydrogens is 338 g/mol. The van der Waals surface area contributed by atoms with Gasteiger partial charge in [-0.15, -0.1) is 11.3 Å². The van der Waals surface area contributed by atoms with Gasteiger partial charge in [0.1, 0.15) is 11.4 Å². The first-order chi connectivity index (χ1) is 12.1. The second-order valence-corrected chi connectivity index (χ2v) is 5.89. The summed E-state index contributed by atoms with van der Waals surface area (Å²) < 4.78 is 5.10. The van der Waals surface area contributed by atoms with Gasteiger partial charge in [-0.1, -0.05) is 12.1 Å². The molecule has 2 aromatic rings. The van der Waals surface area contributed by atoms with E-state index >= 15 is 0 Å². The van der Waals surface area contributed by atoms with Crippen molar-refractivity contribution in [3.8, 4) is 5.75 Å². The molecule has 132 valence electrons. The van der Waals surface area contributed by atoms with E-state index in [4.69, 9.17) is 10.5 Å². The van der Waals surface area contributed by atoms with Crippen molar-refractivity contribution in [2.24, 2.45) is 10.7 Å². The number of anilines is 1. The summed E-state index contributed by atoms with van der Waals surface area (Å²) in [5, 5.41) is 8.04. The Bertz CT molecular complexity index is 753. The minimum Gasteiger partial charge on any atom is -0.497 e. The molecule has 0 radical (unpaired) electrons.